The molecule has 23 heavy (non-hydrogen) atoms. The minimum atomic E-state index is 0.0298. The van der Waals surface area contributed by atoms with Gasteiger partial charge in [-0.05, 0) is 31.7 Å². The molecule has 1 aromatic heterocycles. The van der Waals surface area contributed by atoms with E-state index in [2.05, 4.69) is 41.2 Å². The predicted molar refractivity (Wildman–Crippen MR) is 91.9 cm³/mol. The number of hydrogen-bond acceptors (Lipinski definition) is 2. The maximum absolute atomic E-state index is 12.5. The zero-order valence-electron chi connectivity index (χ0n) is 14.2. The number of aryl methyl sites for hydroxylation is 1. The molecule has 0 radical (unpaired) electrons. The summed E-state index contributed by atoms with van der Waals surface area (Å²) in [6.07, 6.45) is 5.10. The predicted octanol–water partition coefficient (Wildman–Crippen LogP) is 4.09. The summed E-state index contributed by atoms with van der Waals surface area (Å²) >= 11 is 0. The molecule has 1 unspecified atom stereocenters. The third-order valence-electron chi connectivity index (χ3n) is 4.55. The maximum Gasteiger partial charge on any atom is 0.225 e. The molecule has 3 rings (SSSR count). The lowest BCUT2D eigenvalue weighted by Gasteiger charge is -2.35. The normalized spacial score (nSPS) is 18.4. The van der Waals surface area contributed by atoms with E-state index in [0.29, 0.717) is 0 Å². The molecule has 1 atom stereocenters. The van der Waals surface area contributed by atoms with Crippen molar-refractivity contribution in [3.05, 3.63) is 41.9 Å². The van der Waals surface area contributed by atoms with Crippen LogP contribution in [-0.4, -0.2) is 27.3 Å². The van der Waals surface area contributed by atoms with Gasteiger partial charge >= 0.3 is 0 Å². The Morgan fingerprint density at radius 3 is 2.70 bits per heavy atom. The van der Waals surface area contributed by atoms with E-state index in [1.807, 2.05) is 24.9 Å². The quantitative estimate of drug-likeness (QED) is 0.928. The molecule has 122 valence electrons. The molecular weight excluding hydrogens is 286 g/mol. The number of amides is 1. The van der Waals surface area contributed by atoms with E-state index in [1.165, 1.54) is 5.56 Å². The number of rotatable bonds is 3. The number of likely N-dealkylation sites (tertiary alicyclic amines) is 1. The number of aromatic nitrogens is 2. The second kappa shape index (κ2) is 6.57. The zero-order chi connectivity index (χ0) is 16.4. The first-order valence-electron chi connectivity index (χ1n) is 8.48. The summed E-state index contributed by atoms with van der Waals surface area (Å²) in [5, 5.41) is 0. The van der Waals surface area contributed by atoms with Gasteiger partial charge in [-0.3, -0.25) is 4.79 Å². The molecule has 1 aliphatic heterocycles. The van der Waals surface area contributed by atoms with E-state index in [0.717, 1.165) is 42.9 Å². The summed E-state index contributed by atoms with van der Waals surface area (Å²) in [5.74, 6) is 1.17. The number of aromatic amines is 1. The largest absolute Gasteiger partial charge is 0.340 e. The minimum Gasteiger partial charge on any atom is -0.340 e. The van der Waals surface area contributed by atoms with E-state index >= 15 is 0 Å². The lowest BCUT2D eigenvalue weighted by molar-refractivity contribution is -0.138. The summed E-state index contributed by atoms with van der Waals surface area (Å²) in [5.41, 5.74) is 3.39. The van der Waals surface area contributed by atoms with Gasteiger partial charge < -0.3 is 9.88 Å². The van der Waals surface area contributed by atoms with Crippen LogP contribution in [0.1, 0.15) is 50.5 Å². The van der Waals surface area contributed by atoms with Crippen molar-refractivity contribution in [3.8, 4) is 11.3 Å². The maximum atomic E-state index is 12.5. The summed E-state index contributed by atoms with van der Waals surface area (Å²) in [6, 6.07) is 8.49. The summed E-state index contributed by atoms with van der Waals surface area (Å²) in [4.78, 5) is 22.5. The summed E-state index contributed by atoms with van der Waals surface area (Å²) in [7, 11) is 0. The van der Waals surface area contributed by atoms with Gasteiger partial charge in [0.25, 0.3) is 0 Å². The van der Waals surface area contributed by atoms with Crippen molar-refractivity contribution in [3.63, 3.8) is 0 Å². The van der Waals surface area contributed by atoms with Crippen LogP contribution >= 0.6 is 0 Å². The summed E-state index contributed by atoms with van der Waals surface area (Å²) < 4.78 is 0. The highest BCUT2D eigenvalue weighted by Gasteiger charge is 2.31. The van der Waals surface area contributed by atoms with Crippen LogP contribution in [0.3, 0.4) is 0 Å². The van der Waals surface area contributed by atoms with Crippen molar-refractivity contribution in [2.24, 2.45) is 5.92 Å². The molecule has 1 aliphatic rings. The van der Waals surface area contributed by atoms with Crippen LogP contribution in [-0.2, 0) is 4.79 Å². The molecule has 1 aromatic carbocycles. The molecule has 1 saturated heterocycles. The molecule has 0 aliphatic carbocycles. The second-order valence-electron chi connectivity index (χ2n) is 6.75. The number of benzene rings is 1. The Labute approximate surface area is 137 Å². The fraction of sp³-hybridized carbons (Fsp3) is 0.474. The molecule has 4 nitrogen and oxygen atoms in total. The highest BCUT2D eigenvalue weighted by molar-refractivity contribution is 5.78. The zero-order valence-corrected chi connectivity index (χ0v) is 14.2. The van der Waals surface area contributed by atoms with E-state index in [-0.39, 0.29) is 17.9 Å². The molecule has 0 bridgehead atoms. The molecule has 1 N–H and O–H groups in total. The van der Waals surface area contributed by atoms with Crippen LogP contribution in [0.15, 0.2) is 30.5 Å². The average molecular weight is 311 g/mol. The fourth-order valence-electron chi connectivity index (χ4n) is 3.20. The van der Waals surface area contributed by atoms with E-state index < -0.39 is 0 Å². The van der Waals surface area contributed by atoms with Crippen molar-refractivity contribution in [2.75, 3.05) is 6.54 Å². The Morgan fingerprint density at radius 2 is 2.00 bits per heavy atom. The first-order chi connectivity index (χ1) is 11.1. The number of nitrogens with zero attached hydrogens (tertiary/aromatic N) is 2. The van der Waals surface area contributed by atoms with Crippen LogP contribution in [0, 0.1) is 12.8 Å². The van der Waals surface area contributed by atoms with Gasteiger partial charge in [0.1, 0.15) is 5.82 Å². The fourth-order valence-corrected chi connectivity index (χ4v) is 3.20. The minimum absolute atomic E-state index is 0.0298. The first kappa shape index (κ1) is 15.8. The number of hydrogen-bond donors (Lipinski definition) is 1. The average Bonchev–Trinajstić information content (AvgIpc) is 3.04. The highest BCUT2D eigenvalue weighted by Crippen LogP contribution is 2.31. The lowest BCUT2D eigenvalue weighted by atomic mass is 9.99. The number of carbonyl (C=O) groups is 1. The van der Waals surface area contributed by atoms with E-state index in [4.69, 9.17) is 0 Å². The van der Waals surface area contributed by atoms with Gasteiger partial charge in [-0.15, -0.1) is 0 Å². The lowest BCUT2D eigenvalue weighted by Crippen LogP contribution is -2.41. The second-order valence-corrected chi connectivity index (χ2v) is 6.75. The number of H-pyrrole nitrogens is 1. The van der Waals surface area contributed by atoms with Crippen LogP contribution in [0.25, 0.3) is 11.3 Å². The Morgan fingerprint density at radius 1 is 1.26 bits per heavy atom. The number of imidazole rings is 1. The van der Waals surface area contributed by atoms with Crippen molar-refractivity contribution in [1.82, 2.24) is 14.9 Å². The molecule has 2 heterocycles. The third kappa shape index (κ3) is 3.31. The van der Waals surface area contributed by atoms with E-state index in [9.17, 15) is 4.79 Å². The van der Waals surface area contributed by atoms with Crippen molar-refractivity contribution in [1.29, 1.82) is 0 Å². The van der Waals surface area contributed by atoms with Gasteiger partial charge in [0.2, 0.25) is 5.91 Å². The SMILES string of the molecule is Cc1ccc(-c2cnc(C3CCCCN3C(=O)C(C)C)[nH]2)cc1. The number of nitrogens with one attached hydrogen (secondary N) is 1. The Bertz CT molecular complexity index is 672. The Kier molecular flexibility index (Phi) is 4.51. The van der Waals surface area contributed by atoms with Crippen molar-refractivity contribution in [2.45, 2.75) is 46.1 Å². The third-order valence-corrected chi connectivity index (χ3v) is 4.55. The molecule has 2 aromatic rings. The standard InChI is InChI=1S/C19H25N3O/c1-13(2)19(23)22-11-5-4-6-17(22)18-20-12-16(21-18)15-9-7-14(3)8-10-15/h7-10,12-13,17H,4-6,11H2,1-3H3,(H,20,21). The van der Waals surface area contributed by atoms with Crippen LogP contribution < -0.4 is 0 Å². The van der Waals surface area contributed by atoms with Gasteiger partial charge in [0.05, 0.1) is 17.9 Å². The highest BCUT2D eigenvalue weighted by atomic mass is 16.2. The van der Waals surface area contributed by atoms with Crippen molar-refractivity contribution < 1.29 is 4.79 Å². The smallest absolute Gasteiger partial charge is 0.225 e. The summed E-state index contributed by atoms with van der Waals surface area (Å²) in [6.45, 7) is 6.85. The van der Waals surface area contributed by atoms with E-state index in [1.54, 1.807) is 0 Å². The molecule has 4 heteroatoms. The number of piperidine rings is 1. The van der Waals surface area contributed by atoms with Gasteiger partial charge in [-0.1, -0.05) is 43.7 Å². The monoisotopic (exact) mass is 311 g/mol. The molecule has 1 amide bonds. The Balaban J connectivity index is 1.85. The number of carbonyl (C=O) groups excluding carboxylic acids is 1. The molecule has 0 saturated carbocycles. The Hall–Kier alpha value is -2.10. The van der Waals surface area contributed by atoms with Crippen molar-refractivity contribution >= 4 is 5.91 Å². The van der Waals surface area contributed by atoms with Gasteiger partial charge in [-0.2, -0.15) is 0 Å². The molecular formula is C19H25N3O. The topological polar surface area (TPSA) is 49.0 Å². The van der Waals surface area contributed by atoms with Crippen LogP contribution in [0.4, 0.5) is 0 Å². The van der Waals surface area contributed by atoms with Crippen LogP contribution in [0.5, 0.6) is 0 Å². The van der Waals surface area contributed by atoms with Gasteiger partial charge in [0, 0.05) is 12.5 Å². The van der Waals surface area contributed by atoms with Crippen LogP contribution in [0.2, 0.25) is 0 Å². The van der Waals surface area contributed by atoms with Gasteiger partial charge in [0.15, 0.2) is 0 Å². The molecule has 1 fully saturated rings. The molecule has 0 spiro atoms. The van der Waals surface area contributed by atoms with Gasteiger partial charge in [-0.25, -0.2) is 4.98 Å². The first-order valence-corrected chi connectivity index (χ1v) is 8.48.